The van der Waals surface area contributed by atoms with E-state index < -0.39 is 18.0 Å². The summed E-state index contributed by atoms with van der Waals surface area (Å²) < 4.78 is 16.0. The molecule has 5 nitrogen and oxygen atoms in total. The highest BCUT2D eigenvalue weighted by Gasteiger charge is 2.20. The molecule has 0 aromatic heterocycles. The Morgan fingerprint density at radius 1 is 0.960 bits per heavy atom. The van der Waals surface area contributed by atoms with Crippen LogP contribution in [-0.2, 0) is 20.9 Å². The van der Waals surface area contributed by atoms with E-state index in [-0.39, 0.29) is 6.61 Å². The third kappa shape index (κ3) is 5.64. The number of hydrogen-bond acceptors (Lipinski definition) is 5. The molecule has 0 amide bonds. The molecule has 0 N–H and O–H groups in total. The highest BCUT2D eigenvalue weighted by molar-refractivity contribution is 5.89. The molecule has 1 unspecified atom stereocenters. The van der Waals surface area contributed by atoms with Crippen LogP contribution < -0.4 is 4.74 Å². The van der Waals surface area contributed by atoms with Gasteiger partial charge in [-0.25, -0.2) is 9.59 Å². The Labute approximate surface area is 147 Å². The summed E-state index contributed by atoms with van der Waals surface area (Å²) in [4.78, 5) is 24.0. The lowest BCUT2D eigenvalue weighted by Gasteiger charge is -2.17. The minimum atomic E-state index is -0.735. The SMILES string of the molecule is CCOC(=O)c1cccc(OC(CC)C(=O)OCc2ccccc2)c1. The van der Waals surface area contributed by atoms with Crippen LogP contribution in [0, 0.1) is 0 Å². The highest BCUT2D eigenvalue weighted by Crippen LogP contribution is 2.18. The van der Waals surface area contributed by atoms with Gasteiger partial charge in [-0.3, -0.25) is 0 Å². The molecule has 0 saturated carbocycles. The number of carbonyl (C=O) groups excluding carboxylic acids is 2. The monoisotopic (exact) mass is 342 g/mol. The maximum Gasteiger partial charge on any atom is 0.347 e. The summed E-state index contributed by atoms with van der Waals surface area (Å²) in [5, 5.41) is 0. The van der Waals surface area contributed by atoms with E-state index in [2.05, 4.69) is 0 Å². The fraction of sp³-hybridized carbons (Fsp3) is 0.300. The maximum atomic E-state index is 12.2. The van der Waals surface area contributed by atoms with Gasteiger partial charge in [-0.15, -0.1) is 0 Å². The van der Waals surface area contributed by atoms with Crippen molar-refractivity contribution in [3.8, 4) is 5.75 Å². The molecule has 0 saturated heterocycles. The summed E-state index contributed by atoms with van der Waals surface area (Å²) in [7, 11) is 0. The van der Waals surface area contributed by atoms with Gasteiger partial charge in [0.2, 0.25) is 0 Å². The number of ether oxygens (including phenoxy) is 3. The predicted octanol–water partition coefficient (Wildman–Crippen LogP) is 3.76. The van der Waals surface area contributed by atoms with Gasteiger partial charge in [0.15, 0.2) is 6.10 Å². The first-order chi connectivity index (χ1) is 12.1. The summed E-state index contributed by atoms with van der Waals surface area (Å²) >= 11 is 0. The minimum Gasteiger partial charge on any atom is -0.479 e. The highest BCUT2D eigenvalue weighted by atomic mass is 16.6. The minimum absolute atomic E-state index is 0.197. The molecule has 25 heavy (non-hydrogen) atoms. The van der Waals surface area contributed by atoms with Crippen LogP contribution in [0.2, 0.25) is 0 Å². The van der Waals surface area contributed by atoms with Crippen molar-refractivity contribution in [3.05, 3.63) is 65.7 Å². The number of esters is 2. The number of carbonyl (C=O) groups is 2. The standard InChI is InChI=1S/C20H22O5/c1-3-18(20(22)24-14-15-9-6-5-7-10-15)25-17-12-8-11-16(13-17)19(21)23-4-2/h5-13,18H,3-4,14H2,1-2H3. The van der Waals surface area contributed by atoms with Gasteiger partial charge in [0.1, 0.15) is 12.4 Å². The average Bonchev–Trinajstić information content (AvgIpc) is 2.65. The fourth-order valence-corrected chi connectivity index (χ4v) is 2.19. The van der Waals surface area contributed by atoms with Crippen LogP contribution in [0.1, 0.15) is 36.2 Å². The van der Waals surface area contributed by atoms with Crippen molar-refractivity contribution in [1.29, 1.82) is 0 Å². The molecule has 2 aromatic carbocycles. The van der Waals surface area contributed by atoms with Crippen molar-refractivity contribution >= 4 is 11.9 Å². The van der Waals surface area contributed by atoms with E-state index in [0.717, 1.165) is 5.56 Å². The average molecular weight is 342 g/mol. The Balaban J connectivity index is 1.97. The van der Waals surface area contributed by atoms with Crippen molar-refractivity contribution in [1.82, 2.24) is 0 Å². The van der Waals surface area contributed by atoms with Gasteiger partial charge in [-0.2, -0.15) is 0 Å². The van der Waals surface area contributed by atoms with Gasteiger partial charge in [0, 0.05) is 0 Å². The Morgan fingerprint density at radius 2 is 1.72 bits per heavy atom. The second-order valence-corrected chi connectivity index (χ2v) is 5.36. The molecule has 0 aliphatic carbocycles. The molecule has 0 aliphatic heterocycles. The molecular weight excluding hydrogens is 320 g/mol. The number of rotatable bonds is 8. The van der Waals surface area contributed by atoms with Crippen LogP contribution in [0.25, 0.3) is 0 Å². The second kappa shape index (κ2) is 9.47. The molecule has 0 aliphatic rings. The zero-order chi connectivity index (χ0) is 18.1. The molecule has 1 atom stereocenters. The van der Waals surface area contributed by atoms with Crippen LogP contribution >= 0.6 is 0 Å². The Kier molecular flexibility index (Phi) is 7.01. The molecule has 2 aromatic rings. The van der Waals surface area contributed by atoms with Crippen LogP contribution in [0.5, 0.6) is 5.75 Å². The van der Waals surface area contributed by atoms with Crippen molar-refractivity contribution in [2.45, 2.75) is 33.0 Å². The first-order valence-corrected chi connectivity index (χ1v) is 8.28. The topological polar surface area (TPSA) is 61.8 Å². The molecule has 0 spiro atoms. The molecule has 0 bridgehead atoms. The molecule has 2 rings (SSSR count). The van der Waals surface area contributed by atoms with Gasteiger partial charge in [0.25, 0.3) is 0 Å². The van der Waals surface area contributed by atoms with E-state index >= 15 is 0 Å². The van der Waals surface area contributed by atoms with E-state index in [4.69, 9.17) is 14.2 Å². The summed E-state index contributed by atoms with van der Waals surface area (Å²) in [5.41, 5.74) is 1.29. The molecular formula is C20H22O5. The van der Waals surface area contributed by atoms with E-state index in [1.54, 1.807) is 31.2 Å². The summed E-state index contributed by atoms with van der Waals surface area (Å²) in [5.74, 6) is -0.436. The van der Waals surface area contributed by atoms with Gasteiger partial charge in [-0.05, 0) is 37.1 Å². The van der Waals surface area contributed by atoms with Crippen molar-refractivity contribution in [2.24, 2.45) is 0 Å². The molecule has 0 fully saturated rings. The zero-order valence-corrected chi connectivity index (χ0v) is 14.4. The van der Waals surface area contributed by atoms with E-state index in [1.165, 1.54) is 0 Å². The van der Waals surface area contributed by atoms with E-state index in [1.807, 2.05) is 37.3 Å². The van der Waals surface area contributed by atoms with Crippen molar-refractivity contribution < 1.29 is 23.8 Å². The smallest absolute Gasteiger partial charge is 0.347 e. The third-order valence-corrected chi connectivity index (χ3v) is 3.48. The zero-order valence-electron chi connectivity index (χ0n) is 14.4. The van der Waals surface area contributed by atoms with Gasteiger partial charge < -0.3 is 14.2 Å². The lowest BCUT2D eigenvalue weighted by Crippen LogP contribution is -2.28. The summed E-state index contributed by atoms with van der Waals surface area (Å²) in [6.45, 7) is 4.08. The summed E-state index contributed by atoms with van der Waals surface area (Å²) in [6, 6.07) is 16.0. The van der Waals surface area contributed by atoms with E-state index in [9.17, 15) is 9.59 Å². The molecule has 0 radical (unpaired) electrons. The van der Waals surface area contributed by atoms with Crippen LogP contribution in [-0.4, -0.2) is 24.6 Å². The number of hydrogen-bond donors (Lipinski definition) is 0. The van der Waals surface area contributed by atoms with Gasteiger partial charge in [0.05, 0.1) is 12.2 Å². The molecule has 132 valence electrons. The third-order valence-electron chi connectivity index (χ3n) is 3.48. The first kappa shape index (κ1) is 18.5. The quantitative estimate of drug-likeness (QED) is 0.684. The van der Waals surface area contributed by atoms with Crippen molar-refractivity contribution in [2.75, 3.05) is 6.61 Å². The van der Waals surface area contributed by atoms with Crippen LogP contribution in [0.15, 0.2) is 54.6 Å². The van der Waals surface area contributed by atoms with Gasteiger partial charge >= 0.3 is 11.9 Å². The Bertz CT molecular complexity index is 696. The normalized spacial score (nSPS) is 11.4. The largest absolute Gasteiger partial charge is 0.479 e. The lowest BCUT2D eigenvalue weighted by atomic mass is 10.2. The van der Waals surface area contributed by atoms with E-state index in [0.29, 0.717) is 24.3 Å². The summed E-state index contributed by atoms with van der Waals surface area (Å²) in [6.07, 6.45) is -0.279. The van der Waals surface area contributed by atoms with Gasteiger partial charge in [-0.1, -0.05) is 43.3 Å². The van der Waals surface area contributed by atoms with Crippen molar-refractivity contribution in [3.63, 3.8) is 0 Å². The van der Waals surface area contributed by atoms with Crippen LogP contribution in [0.3, 0.4) is 0 Å². The Hall–Kier alpha value is -2.82. The fourth-order valence-electron chi connectivity index (χ4n) is 2.19. The molecule has 5 heteroatoms. The first-order valence-electron chi connectivity index (χ1n) is 8.28. The number of benzene rings is 2. The lowest BCUT2D eigenvalue weighted by molar-refractivity contribution is -0.153. The maximum absolute atomic E-state index is 12.2. The Morgan fingerprint density at radius 3 is 2.40 bits per heavy atom. The second-order valence-electron chi connectivity index (χ2n) is 5.36. The molecule has 0 heterocycles. The van der Waals surface area contributed by atoms with Crippen LogP contribution in [0.4, 0.5) is 0 Å². The predicted molar refractivity (Wildman–Crippen MR) is 93.3 cm³/mol.